The maximum atomic E-state index is 13.0. The molecule has 0 saturated carbocycles. The predicted molar refractivity (Wildman–Crippen MR) is 114 cm³/mol. The fraction of sp³-hybridized carbons (Fsp3) is 0.182. The van der Waals surface area contributed by atoms with Crippen molar-refractivity contribution in [2.45, 2.75) is 20.4 Å². The molecular formula is C22H21N5O4. The summed E-state index contributed by atoms with van der Waals surface area (Å²) in [5.41, 5.74) is 2.33. The lowest BCUT2D eigenvalue weighted by Crippen LogP contribution is -2.21. The molecule has 2 heterocycles. The average Bonchev–Trinajstić information content (AvgIpc) is 3.30. The van der Waals surface area contributed by atoms with E-state index in [1.807, 2.05) is 44.3 Å². The average molecular weight is 419 g/mol. The minimum atomic E-state index is -0.442. The summed E-state index contributed by atoms with van der Waals surface area (Å²) in [7, 11) is 1.83. The molecule has 1 N–H and O–H groups in total. The van der Waals surface area contributed by atoms with Crippen LogP contribution in [-0.2, 0) is 18.4 Å². The van der Waals surface area contributed by atoms with Crippen LogP contribution in [-0.4, -0.2) is 25.5 Å². The smallest absolute Gasteiger partial charge is 0.308 e. The van der Waals surface area contributed by atoms with E-state index < -0.39 is 5.97 Å². The second kappa shape index (κ2) is 8.31. The highest BCUT2D eigenvalue weighted by atomic mass is 16.5. The molecule has 2 aromatic carbocycles. The van der Waals surface area contributed by atoms with Gasteiger partial charge in [-0.05, 0) is 31.2 Å². The molecule has 4 rings (SSSR count). The molecule has 0 aliphatic carbocycles. The molecule has 0 radical (unpaired) electrons. The highest BCUT2D eigenvalue weighted by Crippen LogP contribution is 2.29. The van der Waals surface area contributed by atoms with E-state index in [1.54, 1.807) is 33.6 Å². The predicted octanol–water partition coefficient (Wildman–Crippen LogP) is 3.07. The first-order valence-electron chi connectivity index (χ1n) is 9.64. The van der Waals surface area contributed by atoms with E-state index in [-0.39, 0.29) is 18.0 Å². The fourth-order valence-electron chi connectivity index (χ4n) is 3.26. The number of hydrogen-bond acceptors (Lipinski definition) is 7. The Morgan fingerprint density at radius 1 is 1.10 bits per heavy atom. The standard InChI is InChI=1S/C22H21N5O4/c1-14-20(22(29)27(26(14)3)16-9-5-4-6-10-16)23-13-19-24-25-21(31-19)17-11-7-8-12-18(17)30-15(2)28/h4-12,23H,13H2,1-3H3. The molecule has 0 saturated heterocycles. The zero-order valence-electron chi connectivity index (χ0n) is 17.3. The number of nitrogens with one attached hydrogen (secondary N) is 1. The molecule has 0 unspecified atom stereocenters. The summed E-state index contributed by atoms with van der Waals surface area (Å²) >= 11 is 0. The lowest BCUT2D eigenvalue weighted by molar-refractivity contribution is -0.131. The number of ether oxygens (including phenoxy) is 1. The second-order valence-electron chi connectivity index (χ2n) is 6.88. The van der Waals surface area contributed by atoms with Crippen molar-refractivity contribution in [3.63, 3.8) is 0 Å². The van der Waals surface area contributed by atoms with E-state index in [9.17, 15) is 9.59 Å². The minimum Gasteiger partial charge on any atom is -0.426 e. The Morgan fingerprint density at radius 3 is 2.55 bits per heavy atom. The third-order valence-electron chi connectivity index (χ3n) is 4.81. The molecule has 0 amide bonds. The van der Waals surface area contributed by atoms with Crippen LogP contribution < -0.4 is 15.6 Å². The van der Waals surface area contributed by atoms with E-state index >= 15 is 0 Å². The second-order valence-corrected chi connectivity index (χ2v) is 6.88. The van der Waals surface area contributed by atoms with E-state index in [2.05, 4.69) is 15.5 Å². The van der Waals surface area contributed by atoms with E-state index in [4.69, 9.17) is 9.15 Å². The topological polar surface area (TPSA) is 104 Å². The SMILES string of the molecule is CC(=O)Oc1ccccc1-c1nnc(CNc2c(C)n(C)n(-c3ccccc3)c2=O)o1. The van der Waals surface area contributed by atoms with Gasteiger partial charge in [-0.2, -0.15) is 0 Å². The third kappa shape index (κ3) is 3.97. The molecule has 4 aromatic rings. The lowest BCUT2D eigenvalue weighted by Gasteiger charge is -2.07. The van der Waals surface area contributed by atoms with E-state index in [1.165, 1.54) is 6.92 Å². The van der Waals surface area contributed by atoms with Gasteiger partial charge in [-0.25, -0.2) is 4.68 Å². The number of aromatic nitrogens is 4. The van der Waals surface area contributed by atoms with Gasteiger partial charge in [-0.15, -0.1) is 10.2 Å². The van der Waals surface area contributed by atoms with Crippen LogP contribution in [0.4, 0.5) is 5.69 Å². The summed E-state index contributed by atoms with van der Waals surface area (Å²) in [6.07, 6.45) is 0. The summed E-state index contributed by atoms with van der Waals surface area (Å²) in [6.45, 7) is 3.35. The van der Waals surface area contributed by atoms with Crippen LogP contribution in [0.5, 0.6) is 5.75 Å². The van der Waals surface area contributed by atoms with Crippen LogP contribution in [0.15, 0.2) is 63.8 Å². The Bertz CT molecular complexity index is 1290. The molecule has 0 aliphatic rings. The van der Waals surface area contributed by atoms with Crippen LogP contribution in [0.25, 0.3) is 17.1 Å². The first-order valence-corrected chi connectivity index (χ1v) is 9.64. The molecule has 9 heteroatoms. The molecule has 31 heavy (non-hydrogen) atoms. The van der Waals surface area contributed by atoms with Crippen molar-refractivity contribution < 1.29 is 13.9 Å². The molecule has 2 aromatic heterocycles. The zero-order valence-corrected chi connectivity index (χ0v) is 17.3. The Kier molecular flexibility index (Phi) is 5.40. The van der Waals surface area contributed by atoms with Crippen molar-refractivity contribution in [2.24, 2.45) is 7.05 Å². The maximum Gasteiger partial charge on any atom is 0.308 e. The van der Waals surface area contributed by atoms with Crippen LogP contribution >= 0.6 is 0 Å². The Hall–Kier alpha value is -4.14. The number of carbonyl (C=O) groups excluding carboxylic acids is 1. The summed E-state index contributed by atoms with van der Waals surface area (Å²) in [4.78, 5) is 24.3. The van der Waals surface area contributed by atoms with Gasteiger partial charge in [0.1, 0.15) is 11.4 Å². The molecule has 0 bridgehead atoms. The van der Waals surface area contributed by atoms with Crippen LogP contribution in [0.1, 0.15) is 18.5 Å². The molecular weight excluding hydrogens is 398 g/mol. The Balaban J connectivity index is 1.57. The normalized spacial score (nSPS) is 10.8. The Morgan fingerprint density at radius 2 is 1.81 bits per heavy atom. The van der Waals surface area contributed by atoms with Crippen molar-refractivity contribution in [2.75, 3.05) is 5.32 Å². The first-order chi connectivity index (χ1) is 15.0. The van der Waals surface area contributed by atoms with Gasteiger partial charge in [0.15, 0.2) is 0 Å². The van der Waals surface area contributed by atoms with E-state index in [0.717, 1.165) is 11.4 Å². The van der Waals surface area contributed by atoms with Gasteiger partial charge in [-0.1, -0.05) is 30.3 Å². The summed E-state index contributed by atoms with van der Waals surface area (Å²) in [6, 6.07) is 16.3. The Labute approximate surface area is 177 Å². The van der Waals surface area contributed by atoms with Gasteiger partial charge in [0.2, 0.25) is 5.89 Å². The van der Waals surface area contributed by atoms with Gasteiger partial charge in [-0.3, -0.25) is 14.3 Å². The third-order valence-corrected chi connectivity index (χ3v) is 4.81. The van der Waals surface area contributed by atoms with Crippen molar-refractivity contribution in [1.82, 2.24) is 19.6 Å². The number of rotatable bonds is 6. The van der Waals surface area contributed by atoms with Crippen molar-refractivity contribution in [1.29, 1.82) is 0 Å². The number of anilines is 1. The zero-order chi connectivity index (χ0) is 22.0. The number of esters is 1. The highest BCUT2D eigenvalue weighted by Gasteiger charge is 2.18. The summed E-state index contributed by atoms with van der Waals surface area (Å²) in [5, 5.41) is 11.2. The molecule has 158 valence electrons. The molecule has 0 fully saturated rings. The lowest BCUT2D eigenvalue weighted by atomic mass is 10.2. The van der Waals surface area contributed by atoms with Crippen molar-refractivity contribution >= 4 is 11.7 Å². The van der Waals surface area contributed by atoms with Gasteiger partial charge in [0.25, 0.3) is 11.4 Å². The van der Waals surface area contributed by atoms with Crippen LogP contribution in [0.3, 0.4) is 0 Å². The largest absolute Gasteiger partial charge is 0.426 e. The summed E-state index contributed by atoms with van der Waals surface area (Å²) in [5.74, 6) is 0.410. The van der Waals surface area contributed by atoms with Crippen molar-refractivity contribution in [3.05, 3.63) is 76.5 Å². The quantitative estimate of drug-likeness (QED) is 0.378. The molecule has 0 spiro atoms. The monoisotopic (exact) mass is 419 g/mol. The minimum absolute atomic E-state index is 0.164. The number of hydrogen-bond donors (Lipinski definition) is 1. The molecule has 0 aliphatic heterocycles. The maximum absolute atomic E-state index is 13.0. The van der Waals surface area contributed by atoms with Gasteiger partial charge >= 0.3 is 5.97 Å². The van der Waals surface area contributed by atoms with E-state index in [0.29, 0.717) is 22.9 Å². The summed E-state index contributed by atoms with van der Waals surface area (Å²) < 4.78 is 14.3. The van der Waals surface area contributed by atoms with Gasteiger partial charge < -0.3 is 14.5 Å². The van der Waals surface area contributed by atoms with Crippen LogP contribution in [0, 0.1) is 6.92 Å². The number of benzene rings is 2. The number of carbonyl (C=O) groups is 1. The van der Waals surface area contributed by atoms with Gasteiger partial charge in [0, 0.05) is 14.0 Å². The van der Waals surface area contributed by atoms with Crippen molar-refractivity contribution in [3.8, 4) is 22.9 Å². The fourth-order valence-corrected chi connectivity index (χ4v) is 3.26. The first kappa shape index (κ1) is 20.1. The molecule has 0 atom stereocenters. The van der Waals surface area contributed by atoms with Crippen LogP contribution in [0.2, 0.25) is 0 Å². The number of para-hydroxylation sites is 2. The number of nitrogens with zero attached hydrogens (tertiary/aromatic N) is 4. The van der Waals surface area contributed by atoms with Gasteiger partial charge in [0.05, 0.1) is 23.5 Å². The highest BCUT2D eigenvalue weighted by molar-refractivity contribution is 5.73. The molecule has 9 nitrogen and oxygen atoms in total.